The number of pyridine rings is 1. The van der Waals surface area contributed by atoms with E-state index in [-0.39, 0.29) is 0 Å². The number of rotatable bonds is 9. The molecule has 2 aromatic carbocycles. The van der Waals surface area contributed by atoms with Gasteiger partial charge >= 0.3 is 0 Å². The van der Waals surface area contributed by atoms with Crippen molar-refractivity contribution in [2.75, 3.05) is 21.3 Å². The number of nitrogens with zero attached hydrogens (tertiary/aromatic N) is 2. The van der Waals surface area contributed by atoms with Crippen molar-refractivity contribution in [3.8, 4) is 17.2 Å². The molecule has 30 heavy (non-hydrogen) atoms. The Morgan fingerprint density at radius 2 is 1.30 bits per heavy atom. The Morgan fingerprint density at radius 3 is 1.87 bits per heavy atom. The minimum absolute atomic E-state index is 0.427. The van der Waals surface area contributed by atoms with Gasteiger partial charge in [-0.2, -0.15) is 0 Å². The Hall–Kier alpha value is -3.19. The lowest BCUT2D eigenvalue weighted by atomic mass is 10.1. The van der Waals surface area contributed by atoms with Crippen LogP contribution in [0.5, 0.6) is 17.2 Å². The summed E-state index contributed by atoms with van der Waals surface area (Å²) in [5, 5.41) is 0. The molecular formula is C23H24F2N2O3. The maximum Gasteiger partial charge on any atom is 0.203 e. The lowest BCUT2D eigenvalue weighted by molar-refractivity contribution is 0.245. The van der Waals surface area contributed by atoms with E-state index in [0.717, 1.165) is 17.2 Å². The van der Waals surface area contributed by atoms with Crippen molar-refractivity contribution in [3.63, 3.8) is 0 Å². The Balaban J connectivity index is 1.90. The van der Waals surface area contributed by atoms with Crippen LogP contribution in [-0.2, 0) is 19.6 Å². The van der Waals surface area contributed by atoms with Gasteiger partial charge in [0.2, 0.25) is 5.75 Å². The van der Waals surface area contributed by atoms with Crippen LogP contribution in [0.4, 0.5) is 8.78 Å². The highest BCUT2D eigenvalue weighted by Gasteiger charge is 2.16. The summed E-state index contributed by atoms with van der Waals surface area (Å²) in [5.41, 5.74) is 2.66. The van der Waals surface area contributed by atoms with Gasteiger partial charge in [0.05, 0.1) is 21.3 Å². The van der Waals surface area contributed by atoms with E-state index in [9.17, 15) is 8.78 Å². The van der Waals surface area contributed by atoms with E-state index in [1.807, 2.05) is 24.3 Å². The highest BCUT2D eigenvalue weighted by atomic mass is 19.2. The van der Waals surface area contributed by atoms with Crippen molar-refractivity contribution in [1.82, 2.24) is 9.88 Å². The van der Waals surface area contributed by atoms with Crippen molar-refractivity contribution in [2.24, 2.45) is 0 Å². The fourth-order valence-electron chi connectivity index (χ4n) is 3.30. The van der Waals surface area contributed by atoms with Crippen molar-refractivity contribution in [2.45, 2.75) is 19.6 Å². The maximum atomic E-state index is 13.7. The second-order valence-electron chi connectivity index (χ2n) is 6.78. The number of ether oxygens (including phenoxy) is 3. The van der Waals surface area contributed by atoms with Crippen LogP contribution in [0.15, 0.2) is 54.9 Å². The Labute approximate surface area is 174 Å². The lowest BCUT2D eigenvalue weighted by Crippen LogP contribution is -2.22. The molecule has 0 aliphatic carbocycles. The molecule has 0 saturated heterocycles. The topological polar surface area (TPSA) is 43.8 Å². The molecule has 0 unspecified atom stereocenters. The van der Waals surface area contributed by atoms with Crippen molar-refractivity contribution in [1.29, 1.82) is 0 Å². The average molecular weight is 414 g/mol. The van der Waals surface area contributed by atoms with Gasteiger partial charge in [-0.25, -0.2) is 8.78 Å². The van der Waals surface area contributed by atoms with Gasteiger partial charge in [-0.3, -0.25) is 9.88 Å². The quantitative estimate of drug-likeness (QED) is 0.513. The first-order chi connectivity index (χ1) is 14.5. The molecule has 0 aliphatic rings. The van der Waals surface area contributed by atoms with Gasteiger partial charge in [-0.1, -0.05) is 6.07 Å². The predicted molar refractivity (Wildman–Crippen MR) is 110 cm³/mol. The van der Waals surface area contributed by atoms with Crippen molar-refractivity contribution in [3.05, 3.63) is 83.2 Å². The molecule has 0 fully saturated rings. The predicted octanol–water partition coefficient (Wildman–Crippen LogP) is 4.59. The smallest absolute Gasteiger partial charge is 0.203 e. The zero-order valence-electron chi connectivity index (χ0n) is 17.2. The van der Waals surface area contributed by atoms with Crippen LogP contribution in [0.3, 0.4) is 0 Å². The van der Waals surface area contributed by atoms with E-state index < -0.39 is 11.6 Å². The van der Waals surface area contributed by atoms with Crippen LogP contribution >= 0.6 is 0 Å². The Morgan fingerprint density at radius 1 is 0.700 bits per heavy atom. The first-order valence-corrected chi connectivity index (χ1v) is 9.38. The SMILES string of the molecule is COc1cc(CN(Cc2ccncc2)Cc2ccc(F)c(F)c2)cc(OC)c1OC. The van der Waals surface area contributed by atoms with Crippen molar-refractivity contribution >= 4 is 0 Å². The van der Waals surface area contributed by atoms with E-state index in [1.165, 1.54) is 6.07 Å². The normalized spacial score (nSPS) is 10.9. The fraction of sp³-hybridized carbons (Fsp3) is 0.261. The maximum absolute atomic E-state index is 13.7. The van der Waals surface area contributed by atoms with Gasteiger partial charge in [0, 0.05) is 32.0 Å². The Bertz CT molecular complexity index is 958. The molecule has 1 aromatic heterocycles. The summed E-state index contributed by atoms with van der Waals surface area (Å²) < 4.78 is 43.3. The lowest BCUT2D eigenvalue weighted by Gasteiger charge is -2.24. The number of methoxy groups -OCH3 is 3. The highest BCUT2D eigenvalue weighted by Crippen LogP contribution is 2.38. The van der Waals surface area contributed by atoms with Crippen LogP contribution in [0.1, 0.15) is 16.7 Å². The van der Waals surface area contributed by atoms with Crippen LogP contribution in [0.2, 0.25) is 0 Å². The van der Waals surface area contributed by atoms with E-state index in [2.05, 4.69) is 9.88 Å². The van der Waals surface area contributed by atoms with Gasteiger partial charge in [0.15, 0.2) is 23.1 Å². The van der Waals surface area contributed by atoms with E-state index in [1.54, 1.807) is 39.8 Å². The van der Waals surface area contributed by atoms with Gasteiger partial charge in [-0.15, -0.1) is 0 Å². The molecule has 158 valence electrons. The molecule has 3 rings (SSSR count). The second kappa shape index (κ2) is 10.0. The summed E-state index contributed by atoms with van der Waals surface area (Å²) in [5.74, 6) is -0.0784. The van der Waals surface area contributed by atoms with Crippen LogP contribution < -0.4 is 14.2 Å². The van der Waals surface area contributed by atoms with Gasteiger partial charge in [0.1, 0.15) is 0 Å². The summed E-state index contributed by atoms with van der Waals surface area (Å²) in [4.78, 5) is 6.16. The number of hydrogen-bond donors (Lipinski definition) is 0. The molecule has 0 atom stereocenters. The number of aromatic nitrogens is 1. The molecule has 0 N–H and O–H groups in total. The first-order valence-electron chi connectivity index (χ1n) is 9.38. The first kappa shape index (κ1) is 21.5. The molecule has 0 spiro atoms. The zero-order chi connectivity index (χ0) is 21.5. The summed E-state index contributed by atoms with van der Waals surface area (Å²) in [6, 6.07) is 11.6. The summed E-state index contributed by atoms with van der Waals surface area (Å²) in [6.45, 7) is 1.55. The molecule has 0 radical (unpaired) electrons. The van der Waals surface area contributed by atoms with Crippen molar-refractivity contribution < 1.29 is 23.0 Å². The van der Waals surface area contributed by atoms with Gasteiger partial charge in [0.25, 0.3) is 0 Å². The molecular weight excluding hydrogens is 390 g/mol. The third-order valence-electron chi connectivity index (χ3n) is 4.68. The highest BCUT2D eigenvalue weighted by molar-refractivity contribution is 5.53. The summed E-state index contributed by atoms with van der Waals surface area (Å²) in [7, 11) is 4.69. The summed E-state index contributed by atoms with van der Waals surface area (Å²) in [6.07, 6.45) is 3.45. The van der Waals surface area contributed by atoms with E-state index in [4.69, 9.17) is 14.2 Å². The molecule has 5 nitrogen and oxygen atoms in total. The summed E-state index contributed by atoms with van der Waals surface area (Å²) >= 11 is 0. The minimum Gasteiger partial charge on any atom is -0.493 e. The standard InChI is InChI=1S/C23H24F2N2O3/c1-28-21-11-18(12-22(29-2)23(21)30-3)15-27(13-16-6-8-26-9-7-16)14-17-4-5-19(24)20(25)10-17/h4-12H,13-15H2,1-3H3. The van der Waals surface area contributed by atoms with Crippen LogP contribution in [0, 0.1) is 11.6 Å². The molecule has 0 amide bonds. The minimum atomic E-state index is -0.857. The Kier molecular flexibility index (Phi) is 7.19. The van der Waals surface area contributed by atoms with Crippen LogP contribution in [-0.4, -0.2) is 31.2 Å². The fourth-order valence-corrected chi connectivity index (χ4v) is 3.30. The van der Waals surface area contributed by atoms with E-state index in [0.29, 0.717) is 42.4 Å². The number of halogens is 2. The monoisotopic (exact) mass is 414 g/mol. The zero-order valence-corrected chi connectivity index (χ0v) is 17.2. The third-order valence-corrected chi connectivity index (χ3v) is 4.68. The number of hydrogen-bond acceptors (Lipinski definition) is 5. The molecule has 3 aromatic rings. The average Bonchev–Trinajstić information content (AvgIpc) is 2.76. The van der Waals surface area contributed by atoms with E-state index >= 15 is 0 Å². The number of benzene rings is 2. The molecule has 7 heteroatoms. The molecule has 0 saturated carbocycles. The molecule has 1 heterocycles. The van der Waals surface area contributed by atoms with Crippen LogP contribution in [0.25, 0.3) is 0 Å². The third kappa shape index (κ3) is 5.24. The molecule has 0 aliphatic heterocycles. The molecule has 0 bridgehead atoms. The van der Waals surface area contributed by atoms with Gasteiger partial charge in [-0.05, 0) is 53.1 Å². The second-order valence-corrected chi connectivity index (χ2v) is 6.78. The van der Waals surface area contributed by atoms with Gasteiger partial charge < -0.3 is 14.2 Å². The largest absolute Gasteiger partial charge is 0.493 e.